The molecule has 0 saturated heterocycles. The Balaban J connectivity index is 2.39. The molecule has 0 aromatic heterocycles. The van der Waals surface area contributed by atoms with Gasteiger partial charge in [0.1, 0.15) is 18.4 Å². The van der Waals surface area contributed by atoms with Gasteiger partial charge in [0.2, 0.25) is 5.91 Å². The average Bonchev–Trinajstić information content (AvgIpc) is 2.72. The molecule has 0 fully saturated rings. The average molecular weight is 451 g/mol. The Bertz CT molecular complexity index is 704. The van der Waals surface area contributed by atoms with Gasteiger partial charge in [-0.25, -0.2) is 0 Å². The smallest absolute Gasteiger partial charge is 0.233 e. The van der Waals surface area contributed by atoms with E-state index in [9.17, 15) is 24.9 Å². The summed E-state index contributed by atoms with van der Waals surface area (Å²) in [6.45, 7) is 8.65. The van der Waals surface area contributed by atoms with Crippen LogP contribution in [0.5, 0.6) is 0 Å². The van der Waals surface area contributed by atoms with Crippen LogP contribution in [0.25, 0.3) is 0 Å². The summed E-state index contributed by atoms with van der Waals surface area (Å²) >= 11 is 0. The van der Waals surface area contributed by atoms with Crippen LogP contribution in [-0.2, 0) is 20.9 Å². The van der Waals surface area contributed by atoms with Crippen LogP contribution in [0.1, 0.15) is 39.7 Å². The molecular formula is C24H38N2O6. The molecule has 0 bridgehead atoms. The third-order valence-corrected chi connectivity index (χ3v) is 4.72. The van der Waals surface area contributed by atoms with Crippen LogP contribution >= 0.6 is 0 Å². The van der Waals surface area contributed by atoms with Crippen molar-refractivity contribution in [2.24, 2.45) is 11.3 Å². The molecule has 0 radical (unpaired) electrons. The van der Waals surface area contributed by atoms with Crippen molar-refractivity contribution in [1.29, 1.82) is 0 Å². The third-order valence-electron chi connectivity index (χ3n) is 4.72. The molecule has 1 amide bonds. The molecule has 8 heteroatoms. The van der Waals surface area contributed by atoms with Crippen molar-refractivity contribution in [1.82, 2.24) is 10.6 Å². The molecule has 1 rings (SSSR count). The number of aldehydes is 1. The second kappa shape index (κ2) is 14.1. The number of carbonyl (C=O) groups is 2. The summed E-state index contributed by atoms with van der Waals surface area (Å²) < 4.78 is 5.53. The number of allylic oxidation sites excluding steroid dienone is 1. The van der Waals surface area contributed by atoms with Gasteiger partial charge in [0.05, 0.1) is 31.5 Å². The molecular weight excluding hydrogens is 412 g/mol. The molecule has 0 aliphatic carbocycles. The fraction of sp³-hybridized carbons (Fsp3) is 0.583. The zero-order valence-corrected chi connectivity index (χ0v) is 19.4. The maximum absolute atomic E-state index is 12.4. The largest absolute Gasteiger partial charge is 0.392 e. The molecule has 0 saturated carbocycles. The number of hydrogen-bond acceptors (Lipinski definition) is 7. The quantitative estimate of drug-likeness (QED) is 0.0945. The Labute approximate surface area is 190 Å². The Morgan fingerprint density at radius 1 is 1.16 bits per heavy atom. The van der Waals surface area contributed by atoms with E-state index in [1.54, 1.807) is 19.1 Å². The lowest BCUT2D eigenvalue weighted by atomic mass is 9.93. The van der Waals surface area contributed by atoms with Crippen LogP contribution in [0.4, 0.5) is 0 Å². The number of ether oxygens (including phenoxy) is 1. The summed E-state index contributed by atoms with van der Waals surface area (Å²) in [5.41, 5.74) is 0.907. The predicted octanol–water partition coefficient (Wildman–Crippen LogP) is 1.15. The van der Waals surface area contributed by atoms with E-state index in [1.807, 2.05) is 51.1 Å². The summed E-state index contributed by atoms with van der Waals surface area (Å²) in [5.74, 6) is -2.07. The topological polar surface area (TPSA) is 128 Å². The van der Waals surface area contributed by atoms with Crippen molar-refractivity contribution in [3.05, 3.63) is 48.0 Å². The Morgan fingerprint density at radius 2 is 1.81 bits per heavy atom. The first-order valence-corrected chi connectivity index (χ1v) is 10.9. The number of amides is 1. The second-order valence-corrected chi connectivity index (χ2v) is 8.99. The van der Waals surface area contributed by atoms with Crippen molar-refractivity contribution in [3.8, 4) is 0 Å². The van der Waals surface area contributed by atoms with Crippen molar-refractivity contribution >= 4 is 12.2 Å². The fourth-order valence-corrected chi connectivity index (χ4v) is 2.82. The van der Waals surface area contributed by atoms with E-state index in [4.69, 9.17) is 4.74 Å². The maximum Gasteiger partial charge on any atom is 0.233 e. The fourth-order valence-electron chi connectivity index (χ4n) is 2.82. The van der Waals surface area contributed by atoms with Gasteiger partial charge in [0, 0.05) is 13.0 Å². The highest BCUT2D eigenvalue weighted by atomic mass is 16.5. The van der Waals surface area contributed by atoms with Crippen LogP contribution in [0.2, 0.25) is 0 Å². The number of rotatable bonds is 14. The predicted molar refractivity (Wildman–Crippen MR) is 122 cm³/mol. The summed E-state index contributed by atoms with van der Waals surface area (Å²) in [6, 6.07) is 8.99. The van der Waals surface area contributed by atoms with Gasteiger partial charge in [-0.2, -0.15) is 0 Å². The monoisotopic (exact) mass is 450 g/mol. The zero-order chi connectivity index (χ0) is 24.1. The molecule has 1 aromatic rings. The van der Waals surface area contributed by atoms with E-state index in [-0.39, 0.29) is 11.8 Å². The Kier molecular flexibility index (Phi) is 12.3. The van der Waals surface area contributed by atoms with Crippen LogP contribution in [0.15, 0.2) is 42.5 Å². The van der Waals surface area contributed by atoms with Crippen molar-refractivity contribution in [2.45, 2.75) is 65.2 Å². The van der Waals surface area contributed by atoms with E-state index < -0.39 is 36.3 Å². The zero-order valence-electron chi connectivity index (χ0n) is 19.4. The van der Waals surface area contributed by atoms with Crippen LogP contribution in [0.3, 0.4) is 0 Å². The first-order valence-electron chi connectivity index (χ1n) is 10.9. The molecule has 5 atom stereocenters. The van der Waals surface area contributed by atoms with Gasteiger partial charge in [0.15, 0.2) is 0 Å². The summed E-state index contributed by atoms with van der Waals surface area (Å²) in [5, 5.41) is 35.8. The Hall–Kier alpha value is -2.10. The number of aliphatic hydroxyl groups is 3. The number of nitrogens with one attached hydrogen (secondary N) is 2. The molecule has 5 N–H and O–H groups in total. The van der Waals surface area contributed by atoms with Crippen molar-refractivity contribution in [3.63, 3.8) is 0 Å². The van der Waals surface area contributed by atoms with Crippen LogP contribution in [-0.4, -0.2) is 65.1 Å². The molecule has 1 aromatic carbocycles. The minimum absolute atomic E-state index is 0.140. The van der Waals surface area contributed by atoms with E-state index >= 15 is 0 Å². The second-order valence-electron chi connectivity index (χ2n) is 8.99. The summed E-state index contributed by atoms with van der Waals surface area (Å²) in [7, 11) is 0. The van der Waals surface area contributed by atoms with Crippen molar-refractivity contribution < 1.29 is 29.6 Å². The van der Waals surface area contributed by atoms with E-state index in [2.05, 4.69) is 10.6 Å². The van der Waals surface area contributed by atoms with Gasteiger partial charge >= 0.3 is 0 Å². The summed E-state index contributed by atoms with van der Waals surface area (Å²) in [6.07, 6.45) is 0.134. The third kappa shape index (κ3) is 11.5. The highest BCUT2D eigenvalue weighted by Gasteiger charge is 2.29. The lowest BCUT2D eigenvalue weighted by molar-refractivity contribution is -0.135. The molecule has 180 valence electrons. The highest BCUT2D eigenvalue weighted by molar-refractivity contribution is 5.92. The van der Waals surface area contributed by atoms with E-state index in [1.165, 1.54) is 0 Å². The molecule has 0 spiro atoms. The van der Waals surface area contributed by atoms with Gasteiger partial charge in [0.25, 0.3) is 0 Å². The molecule has 0 heterocycles. The van der Waals surface area contributed by atoms with Crippen LogP contribution in [0, 0.1) is 11.3 Å². The number of aliphatic hydroxyl groups excluding tert-OH is 3. The van der Waals surface area contributed by atoms with Gasteiger partial charge in [-0.15, -0.1) is 0 Å². The maximum atomic E-state index is 12.4. The van der Waals surface area contributed by atoms with Crippen molar-refractivity contribution in [2.75, 3.05) is 13.2 Å². The summed E-state index contributed by atoms with van der Waals surface area (Å²) in [4.78, 5) is 23.8. The molecule has 0 aliphatic heterocycles. The highest BCUT2D eigenvalue weighted by Crippen LogP contribution is 2.17. The molecule has 0 aliphatic rings. The van der Waals surface area contributed by atoms with Gasteiger partial charge in [-0.05, 0) is 17.9 Å². The number of hydrogen-bond donors (Lipinski definition) is 5. The molecule has 32 heavy (non-hydrogen) atoms. The van der Waals surface area contributed by atoms with Gasteiger partial charge < -0.3 is 30.2 Å². The number of carbonyl (C=O) groups excluding carboxylic acids is 2. The first kappa shape index (κ1) is 27.9. The standard InChI is InChI=1S/C24H38N2O6/c1-17(22(30)25-12-13-32-16-18-8-6-5-7-9-18)26-23(31)20(15-27)21(29)14-19(28)10-11-24(2,3)4/h5-11,15,17,19-22,25,28-30H,12-14,16H2,1-4H3,(H,26,31)/b11-10+/t17-,19+,20+,21+,22?/m0/s1. The molecule has 1 unspecified atom stereocenters. The number of benzene rings is 1. The Morgan fingerprint density at radius 3 is 2.41 bits per heavy atom. The van der Waals surface area contributed by atoms with Gasteiger partial charge in [-0.1, -0.05) is 63.3 Å². The lowest BCUT2D eigenvalue weighted by Crippen LogP contribution is -2.52. The SMILES string of the molecule is C[C@H](NC(=O)[C@H](C=O)[C@H](O)C[C@H](O)/C=C/C(C)(C)C)C(O)NCCOCc1ccccc1. The molecule has 8 nitrogen and oxygen atoms in total. The van der Waals surface area contributed by atoms with E-state index in [0.717, 1.165) is 5.56 Å². The van der Waals surface area contributed by atoms with E-state index in [0.29, 0.717) is 26.0 Å². The minimum atomic E-state index is -1.35. The van der Waals surface area contributed by atoms with Crippen LogP contribution < -0.4 is 10.6 Å². The normalized spacial score (nSPS) is 16.8. The van der Waals surface area contributed by atoms with Gasteiger partial charge in [-0.3, -0.25) is 10.1 Å². The lowest BCUT2D eigenvalue weighted by Gasteiger charge is -2.25. The minimum Gasteiger partial charge on any atom is -0.392 e. The first-order chi connectivity index (χ1) is 15.0.